The highest BCUT2D eigenvalue weighted by atomic mass is 35.5. The Morgan fingerprint density at radius 2 is 2.00 bits per heavy atom. The van der Waals surface area contributed by atoms with Gasteiger partial charge in [-0.2, -0.15) is 4.31 Å². The van der Waals surface area contributed by atoms with Crippen LogP contribution in [-0.2, 0) is 21.4 Å². The second-order valence-electron chi connectivity index (χ2n) is 5.94. The van der Waals surface area contributed by atoms with Gasteiger partial charge >= 0.3 is 0 Å². The lowest BCUT2D eigenvalue weighted by atomic mass is 10.1. The summed E-state index contributed by atoms with van der Waals surface area (Å²) >= 11 is 6.32. The van der Waals surface area contributed by atoms with Crippen LogP contribution >= 0.6 is 24.0 Å². The van der Waals surface area contributed by atoms with E-state index in [-0.39, 0.29) is 23.3 Å². The van der Waals surface area contributed by atoms with Gasteiger partial charge in [0.15, 0.2) is 0 Å². The van der Waals surface area contributed by atoms with Crippen molar-refractivity contribution in [2.24, 2.45) is 0 Å². The molecule has 0 spiro atoms. The van der Waals surface area contributed by atoms with Crippen LogP contribution in [0.15, 0.2) is 53.4 Å². The molecule has 26 heavy (non-hydrogen) atoms. The molecule has 0 aliphatic carbocycles. The summed E-state index contributed by atoms with van der Waals surface area (Å²) in [7, 11) is -2.05. The number of piperazine rings is 1. The van der Waals surface area contributed by atoms with Crippen molar-refractivity contribution >= 4 is 34.0 Å². The minimum Gasteiger partial charge on any atom is -0.380 e. The number of hydrogen-bond acceptors (Lipinski definition) is 4. The van der Waals surface area contributed by atoms with E-state index in [4.69, 9.17) is 16.3 Å². The first-order valence-electron chi connectivity index (χ1n) is 8.09. The van der Waals surface area contributed by atoms with Gasteiger partial charge in [0.2, 0.25) is 10.0 Å². The van der Waals surface area contributed by atoms with Crippen molar-refractivity contribution in [2.75, 3.05) is 26.7 Å². The Hall–Kier alpha value is -1.15. The maximum atomic E-state index is 13.3. The van der Waals surface area contributed by atoms with E-state index in [2.05, 4.69) is 5.32 Å². The molecule has 1 aliphatic heterocycles. The maximum Gasteiger partial charge on any atom is 0.243 e. The van der Waals surface area contributed by atoms with Crippen molar-refractivity contribution in [3.63, 3.8) is 0 Å². The number of benzene rings is 2. The van der Waals surface area contributed by atoms with Gasteiger partial charge in [-0.1, -0.05) is 41.9 Å². The molecule has 1 atom stereocenters. The number of nitrogens with zero attached hydrogens (tertiary/aromatic N) is 1. The minimum atomic E-state index is -3.64. The summed E-state index contributed by atoms with van der Waals surface area (Å²) in [6.07, 6.45) is 0. The molecule has 0 saturated carbocycles. The van der Waals surface area contributed by atoms with Crippen molar-refractivity contribution in [1.82, 2.24) is 9.62 Å². The molecule has 1 fully saturated rings. The zero-order chi connectivity index (χ0) is 17.9. The summed E-state index contributed by atoms with van der Waals surface area (Å²) in [4.78, 5) is 0.279. The molecule has 1 heterocycles. The number of sulfonamides is 1. The standard InChI is InChI=1S/C18H21ClN2O3S.ClH/c1-24-13-14-5-4-6-15(11-14)25(22,23)21-10-9-20-12-18(21)16-7-2-3-8-17(16)19;/h2-8,11,18,20H,9-10,12-13H2,1H3;1H. The van der Waals surface area contributed by atoms with Gasteiger partial charge in [0.25, 0.3) is 0 Å². The highest BCUT2D eigenvalue weighted by molar-refractivity contribution is 7.89. The normalized spacial score (nSPS) is 18.3. The van der Waals surface area contributed by atoms with Gasteiger partial charge in [0.1, 0.15) is 0 Å². The van der Waals surface area contributed by atoms with Crippen molar-refractivity contribution in [1.29, 1.82) is 0 Å². The zero-order valence-electron chi connectivity index (χ0n) is 14.4. The van der Waals surface area contributed by atoms with Gasteiger partial charge in [0.05, 0.1) is 17.5 Å². The number of rotatable bonds is 5. The van der Waals surface area contributed by atoms with E-state index in [9.17, 15) is 8.42 Å². The van der Waals surface area contributed by atoms with Gasteiger partial charge < -0.3 is 10.1 Å². The Labute approximate surface area is 165 Å². The average molecular weight is 417 g/mol. The number of nitrogens with one attached hydrogen (secondary N) is 1. The lowest BCUT2D eigenvalue weighted by molar-refractivity contribution is 0.184. The van der Waals surface area contributed by atoms with Gasteiger partial charge in [-0.25, -0.2) is 8.42 Å². The fraction of sp³-hybridized carbons (Fsp3) is 0.333. The molecular formula is C18H22Cl2N2O3S. The van der Waals surface area contributed by atoms with Crippen LogP contribution in [0.4, 0.5) is 0 Å². The first kappa shape index (κ1) is 21.2. The number of halogens is 2. The number of ether oxygens (including phenoxy) is 1. The Kier molecular flexibility index (Phi) is 7.46. The SMILES string of the molecule is COCc1cccc(S(=O)(=O)N2CCNCC2c2ccccc2Cl)c1.Cl. The third kappa shape index (κ3) is 4.39. The summed E-state index contributed by atoms with van der Waals surface area (Å²) in [5.41, 5.74) is 1.64. The molecule has 0 amide bonds. The van der Waals surface area contributed by atoms with Gasteiger partial charge in [-0.3, -0.25) is 0 Å². The molecule has 5 nitrogen and oxygen atoms in total. The van der Waals surface area contributed by atoms with Crippen LogP contribution in [0.5, 0.6) is 0 Å². The van der Waals surface area contributed by atoms with Crippen molar-refractivity contribution in [3.8, 4) is 0 Å². The summed E-state index contributed by atoms with van der Waals surface area (Å²) in [5, 5.41) is 3.83. The number of methoxy groups -OCH3 is 1. The molecule has 2 aromatic rings. The number of hydrogen-bond donors (Lipinski definition) is 1. The average Bonchev–Trinajstić information content (AvgIpc) is 2.63. The molecule has 1 aliphatic rings. The fourth-order valence-corrected chi connectivity index (χ4v) is 5.02. The topological polar surface area (TPSA) is 58.6 Å². The highest BCUT2D eigenvalue weighted by Crippen LogP contribution is 2.32. The van der Waals surface area contributed by atoms with E-state index in [0.717, 1.165) is 11.1 Å². The van der Waals surface area contributed by atoms with E-state index in [1.54, 1.807) is 31.4 Å². The lowest BCUT2D eigenvalue weighted by Crippen LogP contribution is -2.48. The molecule has 1 saturated heterocycles. The zero-order valence-corrected chi connectivity index (χ0v) is 16.8. The maximum absolute atomic E-state index is 13.3. The first-order chi connectivity index (χ1) is 12.0. The van der Waals surface area contributed by atoms with Crippen LogP contribution in [0, 0.1) is 0 Å². The molecule has 0 aromatic heterocycles. The second kappa shape index (κ2) is 9.17. The summed E-state index contributed by atoms with van der Waals surface area (Å²) in [6.45, 7) is 1.91. The van der Waals surface area contributed by atoms with E-state index < -0.39 is 10.0 Å². The fourth-order valence-electron chi connectivity index (χ4n) is 3.08. The van der Waals surface area contributed by atoms with Gasteiger partial charge in [0, 0.05) is 31.8 Å². The monoisotopic (exact) mass is 416 g/mol. The minimum absolute atomic E-state index is 0. The van der Waals surface area contributed by atoms with Crippen LogP contribution in [0.3, 0.4) is 0 Å². The van der Waals surface area contributed by atoms with Crippen LogP contribution in [0.1, 0.15) is 17.2 Å². The predicted octanol–water partition coefficient (Wildman–Crippen LogP) is 3.24. The Morgan fingerprint density at radius 3 is 2.73 bits per heavy atom. The van der Waals surface area contributed by atoms with Crippen LogP contribution in [0.2, 0.25) is 5.02 Å². The molecule has 2 aromatic carbocycles. The molecule has 0 radical (unpaired) electrons. The second-order valence-corrected chi connectivity index (χ2v) is 8.24. The Morgan fingerprint density at radius 1 is 1.23 bits per heavy atom. The quantitative estimate of drug-likeness (QED) is 0.812. The third-order valence-electron chi connectivity index (χ3n) is 4.27. The summed E-state index contributed by atoms with van der Waals surface area (Å²) in [6, 6.07) is 13.9. The molecule has 142 valence electrons. The molecule has 8 heteroatoms. The van der Waals surface area contributed by atoms with Crippen molar-refractivity contribution in [2.45, 2.75) is 17.5 Å². The third-order valence-corrected chi connectivity index (χ3v) is 6.52. The van der Waals surface area contributed by atoms with E-state index in [0.29, 0.717) is 31.3 Å². The van der Waals surface area contributed by atoms with E-state index >= 15 is 0 Å². The van der Waals surface area contributed by atoms with E-state index in [1.807, 2.05) is 24.3 Å². The van der Waals surface area contributed by atoms with Crippen LogP contribution in [0.25, 0.3) is 0 Å². The Balaban J connectivity index is 0.00000243. The molecular weight excluding hydrogens is 395 g/mol. The van der Waals surface area contributed by atoms with Gasteiger partial charge in [-0.05, 0) is 29.3 Å². The van der Waals surface area contributed by atoms with Crippen LogP contribution < -0.4 is 5.32 Å². The first-order valence-corrected chi connectivity index (χ1v) is 9.90. The smallest absolute Gasteiger partial charge is 0.243 e. The summed E-state index contributed by atoms with van der Waals surface area (Å²) < 4.78 is 33.2. The molecule has 3 rings (SSSR count). The highest BCUT2D eigenvalue weighted by Gasteiger charge is 2.35. The Bertz CT molecular complexity index is 846. The summed E-state index contributed by atoms with van der Waals surface area (Å²) in [5.74, 6) is 0. The van der Waals surface area contributed by atoms with Crippen molar-refractivity contribution in [3.05, 3.63) is 64.7 Å². The molecule has 1 unspecified atom stereocenters. The van der Waals surface area contributed by atoms with Crippen molar-refractivity contribution < 1.29 is 13.2 Å². The van der Waals surface area contributed by atoms with E-state index in [1.165, 1.54) is 4.31 Å². The molecule has 1 N–H and O–H groups in total. The molecule has 0 bridgehead atoms. The van der Waals surface area contributed by atoms with Gasteiger partial charge in [-0.15, -0.1) is 12.4 Å². The predicted molar refractivity (Wildman–Crippen MR) is 105 cm³/mol. The largest absolute Gasteiger partial charge is 0.380 e. The van der Waals surface area contributed by atoms with Crippen LogP contribution in [-0.4, -0.2) is 39.5 Å². The lowest BCUT2D eigenvalue weighted by Gasteiger charge is -2.36.